The Hall–Kier alpha value is -1.89. The SMILES string of the molecule is CCNC(=NCc1cc(CC)no1)N(C)Cc1csc(C)n1. The first kappa shape index (κ1) is 16.5. The number of guanidine groups is 1. The maximum atomic E-state index is 5.27. The van der Waals surface area contributed by atoms with Crippen LogP contribution in [0.3, 0.4) is 0 Å². The van der Waals surface area contributed by atoms with Gasteiger partial charge in [0, 0.05) is 25.0 Å². The van der Waals surface area contributed by atoms with Crippen molar-refractivity contribution in [2.24, 2.45) is 4.99 Å². The maximum absolute atomic E-state index is 5.27. The molecule has 0 amide bonds. The Morgan fingerprint density at radius 3 is 2.82 bits per heavy atom. The molecule has 0 aromatic carbocycles. The van der Waals surface area contributed by atoms with Crippen molar-refractivity contribution in [3.8, 4) is 0 Å². The van der Waals surface area contributed by atoms with Crippen LogP contribution >= 0.6 is 11.3 Å². The van der Waals surface area contributed by atoms with Crippen LogP contribution in [-0.4, -0.2) is 34.6 Å². The lowest BCUT2D eigenvalue weighted by molar-refractivity contribution is 0.378. The molecule has 0 aliphatic rings. The van der Waals surface area contributed by atoms with Crippen LogP contribution in [0.5, 0.6) is 0 Å². The first-order valence-corrected chi connectivity index (χ1v) is 8.35. The van der Waals surface area contributed by atoms with E-state index in [9.17, 15) is 0 Å². The van der Waals surface area contributed by atoms with E-state index in [4.69, 9.17) is 4.52 Å². The highest BCUT2D eigenvalue weighted by Crippen LogP contribution is 2.10. The van der Waals surface area contributed by atoms with Gasteiger partial charge in [0.1, 0.15) is 6.54 Å². The molecule has 2 aromatic rings. The van der Waals surface area contributed by atoms with Crippen molar-refractivity contribution < 1.29 is 4.52 Å². The molecule has 2 aromatic heterocycles. The number of aromatic nitrogens is 2. The zero-order chi connectivity index (χ0) is 15.9. The van der Waals surface area contributed by atoms with Gasteiger partial charge in [-0.3, -0.25) is 0 Å². The molecule has 0 saturated carbocycles. The van der Waals surface area contributed by atoms with E-state index >= 15 is 0 Å². The molecule has 1 N–H and O–H groups in total. The van der Waals surface area contributed by atoms with Crippen LogP contribution < -0.4 is 5.32 Å². The van der Waals surface area contributed by atoms with Crippen LogP contribution in [0.15, 0.2) is 21.0 Å². The molecule has 0 unspecified atom stereocenters. The third-order valence-electron chi connectivity index (χ3n) is 3.12. The van der Waals surface area contributed by atoms with Crippen LogP contribution in [-0.2, 0) is 19.5 Å². The zero-order valence-electron chi connectivity index (χ0n) is 13.6. The fourth-order valence-electron chi connectivity index (χ4n) is 2.02. The second kappa shape index (κ2) is 7.93. The summed E-state index contributed by atoms with van der Waals surface area (Å²) in [6.45, 7) is 8.15. The number of aryl methyl sites for hydroxylation is 2. The smallest absolute Gasteiger partial charge is 0.194 e. The molecule has 0 aliphatic heterocycles. The zero-order valence-corrected chi connectivity index (χ0v) is 14.4. The molecule has 0 saturated heterocycles. The summed E-state index contributed by atoms with van der Waals surface area (Å²) in [7, 11) is 2.01. The molecule has 0 fully saturated rings. The minimum atomic E-state index is 0.482. The van der Waals surface area contributed by atoms with Gasteiger partial charge in [-0.15, -0.1) is 11.3 Å². The summed E-state index contributed by atoms with van der Waals surface area (Å²) < 4.78 is 5.27. The van der Waals surface area contributed by atoms with Crippen LogP contribution in [0.25, 0.3) is 0 Å². The van der Waals surface area contributed by atoms with Gasteiger partial charge < -0.3 is 14.7 Å². The summed E-state index contributed by atoms with van der Waals surface area (Å²) in [5, 5.41) is 10.4. The largest absolute Gasteiger partial charge is 0.359 e. The van der Waals surface area contributed by atoms with Crippen molar-refractivity contribution in [1.29, 1.82) is 0 Å². The summed E-state index contributed by atoms with van der Waals surface area (Å²) >= 11 is 1.67. The fraction of sp³-hybridized carbons (Fsp3) is 0.533. The van der Waals surface area contributed by atoms with Gasteiger partial charge in [-0.25, -0.2) is 9.98 Å². The van der Waals surface area contributed by atoms with E-state index in [-0.39, 0.29) is 0 Å². The lowest BCUT2D eigenvalue weighted by atomic mass is 10.3. The van der Waals surface area contributed by atoms with Crippen LogP contribution in [0.2, 0.25) is 0 Å². The number of hydrogen-bond donors (Lipinski definition) is 1. The van der Waals surface area contributed by atoms with Gasteiger partial charge >= 0.3 is 0 Å². The summed E-state index contributed by atoms with van der Waals surface area (Å²) in [6.07, 6.45) is 0.871. The van der Waals surface area contributed by atoms with Gasteiger partial charge in [0.25, 0.3) is 0 Å². The standard InChI is InChI=1S/C15H23N5OS/c1-5-12-7-14(21-19-12)8-17-15(16-6-2)20(4)9-13-10-22-11(3)18-13/h7,10H,5-6,8-9H2,1-4H3,(H,16,17). The van der Waals surface area contributed by atoms with Crippen LogP contribution in [0.1, 0.15) is 36.0 Å². The van der Waals surface area contributed by atoms with Gasteiger partial charge in [0.15, 0.2) is 11.7 Å². The third kappa shape index (κ3) is 4.56. The predicted octanol–water partition coefficient (Wildman–Crippen LogP) is 2.60. The Morgan fingerprint density at radius 2 is 2.23 bits per heavy atom. The monoisotopic (exact) mass is 321 g/mol. The van der Waals surface area contributed by atoms with E-state index in [0.29, 0.717) is 6.54 Å². The molecule has 22 heavy (non-hydrogen) atoms. The molecule has 2 rings (SSSR count). The van der Waals surface area contributed by atoms with Crippen LogP contribution in [0.4, 0.5) is 0 Å². The lowest BCUT2D eigenvalue weighted by Crippen LogP contribution is -2.38. The average Bonchev–Trinajstić information content (AvgIpc) is 3.12. The van der Waals surface area contributed by atoms with E-state index in [0.717, 1.165) is 47.6 Å². The van der Waals surface area contributed by atoms with E-state index < -0.39 is 0 Å². The summed E-state index contributed by atoms with van der Waals surface area (Å²) in [5.74, 6) is 1.62. The number of hydrogen-bond acceptors (Lipinski definition) is 5. The Kier molecular flexibility index (Phi) is 5.94. The Labute approximate surface area is 135 Å². The van der Waals surface area contributed by atoms with Gasteiger partial charge in [-0.1, -0.05) is 12.1 Å². The Bertz CT molecular complexity index is 619. The Morgan fingerprint density at radius 1 is 1.41 bits per heavy atom. The predicted molar refractivity (Wildman–Crippen MR) is 89.0 cm³/mol. The average molecular weight is 321 g/mol. The molecule has 0 atom stereocenters. The van der Waals surface area contributed by atoms with Gasteiger partial charge in [0.05, 0.1) is 22.9 Å². The minimum Gasteiger partial charge on any atom is -0.359 e. The normalized spacial score (nSPS) is 11.7. The summed E-state index contributed by atoms with van der Waals surface area (Å²) in [5.41, 5.74) is 2.02. The third-order valence-corrected chi connectivity index (χ3v) is 3.94. The summed E-state index contributed by atoms with van der Waals surface area (Å²) in [4.78, 5) is 11.2. The highest BCUT2D eigenvalue weighted by atomic mass is 32.1. The first-order chi connectivity index (χ1) is 10.6. The number of thiazole rings is 1. The van der Waals surface area contributed by atoms with Crippen LogP contribution in [0, 0.1) is 6.92 Å². The molecule has 0 spiro atoms. The van der Waals surface area contributed by atoms with Crippen molar-refractivity contribution in [2.45, 2.75) is 40.3 Å². The number of nitrogens with one attached hydrogen (secondary N) is 1. The van der Waals surface area contributed by atoms with Gasteiger partial charge in [-0.05, 0) is 20.3 Å². The van der Waals surface area contributed by atoms with Gasteiger partial charge in [0.2, 0.25) is 0 Å². The number of rotatable bonds is 6. The van der Waals surface area contributed by atoms with Crippen molar-refractivity contribution in [2.75, 3.05) is 13.6 Å². The second-order valence-corrected chi connectivity index (χ2v) is 6.08. The number of aliphatic imine (C=N–C) groups is 1. The molecule has 120 valence electrons. The molecule has 6 nitrogen and oxygen atoms in total. The molecular weight excluding hydrogens is 298 g/mol. The molecule has 0 bridgehead atoms. The van der Waals surface area contributed by atoms with Gasteiger partial charge in [-0.2, -0.15) is 0 Å². The fourth-order valence-corrected chi connectivity index (χ4v) is 2.62. The van der Waals surface area contributed by atoms with E-state index in [1.165, 1.54) is 0 Å². The molecule has 0 aliphatic carbocycles. The topological polar surface area (TPSA) is 66.6 Å². The van der Waals surface area contributed by atoms with Crippen molar-refractivity contribution in [3.63, 3.8) is 0 Å². The quantitative estimate of drug-likeness (QED) is 0.654. The molecule has 2 heterocycles. The first-order valence-electron chi connectivity index (χ1n) is 7.47. The molecule has 0 radical (unpaired) electrons. The van der Waals surface area contributed by atoms with Crippen molar-refractivity contribution in [1.82, 2.24) is 20.4 Å². The maximum Gasteiger partial charge on any atom is 0.194 e. The Balaban J connectivity index is 2.02. The van der Waals surface area contributed by atoms with E-state index in [1.54, 1.807) is 11.3 Å². The van der Waals surface area contributed by atoms with Crippen molar-refractivity contribution >= 4 is 17.3 Å². The molecular formula is C15H23N5OS. The van der Waals surface area contributed by atoms with Crippen molar-refractivity contribution in [3.05, 3.63) is 33.6 Å². The second-order valence-electron chi connectivity index (χ2n) is 5.02. The van der Waals surface area contributed by atoms with E-state index in [2.05, 4.69) is 44.6 Å². The number of nitrogens with zero attached hydrogens (tertiary/aromatic N) is 4. The van der Waals surface area contributed by atoms with E-state index in [1.807, 2.05) is 20.0 Å². The minimum absolute atomic E-state index is 0.482. The summed E-state index contributed by atoms with van der Waals surface area (Å²) in [6, 6.07) is 1.96. The highest BCUT2D eigenvalue weighted by Gasteiger charge is 2.09. The molecule has 7 heteroatoms. The lowest BCUT2D eigenvalue weighted by Gasteiger charge is -2.20. The highest BCUT2D eigenvalue weighted by molar-refractivity contribution is 7.09.